The van der Waals surface area contributed by atoms with Gasteiger partial charge in [-0.05, 0) is 77.9 Å². The number of ether oxygens (including phenoxy) is 2. The summed E-state index contributed by atoms with van der Waals surface area (Å²) in [5.74, 6) is 0.490. The monoisotopic (exact) mass is 517 g/mol. The van der Waals surface area contributed by atoms with E-state index in [1.54, 1.807) is 18.2 Å². The van der Waals surface area contributed by atoms with E-state index in [0.717, 1.165) is 26.1 Å². The summed E-state index contributed by atoms with van der Waals surface area (Å²) in [6.45, 7) is 5.55. The lowest BCUT2D eigenvalue weighted by atomic mass is 10.1. The molecular weight excluding hydrogens is 493 g/mol. The number of hydrogen-bond donors (Lipinski definition) is 2. The van der Waals surface area contributed by atoms with Gasteiger partial charge in [-0.2, -0.15) is 0 Å². The van der Waals surface area contributed by atoms with Crippen LogP contribution in [0.2, 0.25) is 0 Å². The number of benzene rings is 3. The first-order valence-corrected chi connectivity index (χ1v) is 10.7. The standard InChI is InChI=1S/C24H24INO4/c1-3-29-22-12-18(14-26-20-6-4-5-19(13-20)24(27)28)11-21(25)23(22)30-15-17-9-7-16(2)8-10-17/h4-13,26H,3,14-15H2,1-2H3,(H,27,28). The second-order valence-electron chi connectivity index (χ2n) is 6.85. The molecule has 6 heteroatoms. The third kappa shape index (κ3) is 5.89. The molecule has 3 rings (SSSR count). The molecular formula is C24H24INO4. The Morgan fingerprint density at radius 2 is 1.80 bits per heavy atom. The Morgan fingerprint density at radius 1 is 1.03 bits per heavy atom. The minimum Gasteiger partial charge on any atom is -0.490 e. The van der Waals surface area contributed by atoms with Crippen LogP contribution in [-0.2, 0) is 13.2 Å². The third-order valence-corrected chi connectivity index (χ3v) is 5.28. The molecule has 0 unspecified atom stereocenters. The highest BCUT2D eigenvalue weighted by Crippen LogP contribution is 2.35. The Kier molecular flexibility index (Phi) is 7.57. The largest absolute Gasteiger partial charge is 0.490 e. The van der Waals surface area contributed by atoms with E-state index in [1.807, 2.05) is 25.1 Å². The van der Waals surface area contributed by atoms with Crippen LogP contribution in [0.25, 0.3) is 0 Å². The maximum atomic E-state index is 11.1. The smallest absolute Gasteiger partial charge is 0.335 e. The average molecular weight is 517 g/mol. The van der Waals surface area contributed by atoms with Gasteiger partial charge in [-0.25, -0.2) is 4.79 Å². The van der Waals surface area contributed by atoms with Gasteiger partial charge in [0.2, 0.25) is 0 Å². The summed E-state index contributed by atoms with van der Waals surface area (Å²) in [6.07, 6.45) is 0. The molecule has 0 aromatic heterocycles. The van der Waals surface area contributed by atoms with Crippen LogP contribution in [0.3, 0.4) is 0 Å². The first kappa shape index (κ1) is 22.0. The number of anilines is 1. The molecule has 0 aliphatic heterocycles. The molecule has 0 aliphatic carbocycles. The highest BCUT2D eigenvalue weighted by atomic mass is 127. The maximum absolute atomic E-state index is 11.1. The van der Waals surface area contributed by atoms with Crippen LogP contribution in [0.5, 0.6) is 11.5 Å². The minimum atomic E-state index is -0.943. The Bertz CT molecular complexity index is 1020. The molecule has 156 valence electrons. The lowest BCUT2D eigenvalue weighted by molar-refractivity contribution is 0.0697. The molecule has 0 radical (unpaired) electrons. The average Bonchev–Trinajstić information content (AvgIpc) is 2.73. The zero-order valence-corrected chi connectivity index (χ0v) is 19.1. The fourth-order valence-corrected chi connectivity index (χ4v) is 3.75. The van der Waals surface area contributed by atoms with Crippen LogP contribution < -0.4 is 14.8 Å². The van der Waals surface area contributed by atoms with Crippen molar-refractivity contribution in [2.75, 3.05) is 11.9 Å². The highest BCUT2D eigenvalue weighted by Gasteiger charge is 2.13. The van der Waals surface area contributed by atoms with Gasteiger partial charge < -0.3 is 19.9 Å². The van der Waals surface area contributed by atoms with Gasteiger partial charge in [-0.15, -0.1) is 0 Å². The molecule has 3 aromatic carbocycles. The Hall–Kier alpha value is -2.74. The highest BCUT2D eigenvalue weighted by molar-refractivity contribution is 14.1. The van der Waals surface area contributed by atoms with Crippen molar-refractivity contribution in [3.05, 3.63) is 86.5 Å². The van der Waals surface area contributed by atoms with E-state index in [4.69, 9.17) is 14.6 Å². The number of aryl methyl sites for hydroxylation is 1. The molecule has 5 nitrogen and oxygen atoms in total. The van der Waals surface area contributed by atoms with Crippen molar-refractivity contribution in [2.24, 2.45) is 0 Å². The minimum absolute atomic E-state index is 0.254. The van der Waals surface area contributed by atoms with Crippen molar-refractivity contribution in [3.63, 3.8) is 0 Å². The zero-order valence-electron chi connectivity index (χ0n) is 16.9. The quantitative estimate of drug-likeness (QED) is 0.347. The van der Waals surface area contributed by atoms with Gasteiger partial charge in [-0.3, -0.25) is 0 Å². The van der Waals surface area contributed by atoms with E-state index in [9.17, 15) is 4.79 Å². The fraction of sp³-hybridized carbons (Fsp3) is 0.208. The van der Waals surface area contributed by atoms with E-state index >= 15 is 0 Å². The van der Waals surface area contributed by atoms with Crippen molar-refractivity contribution >= 4 is 34.2 Å². The maximum Gasteiger partial charge on any atom is 0.335 e. The van der Waals surface area contributed by atoms with Crippen LogP contribution in [-0.4, -0.2) is 17.7 Å². The van der Waals surface area contributed by atoms with Crippen molar-refractivity contribution in [2.45, 2.75) is 27.0 Å². The van der Waals surface area contributed by atoms with Gasteiger partial charge >= 0.3 is 5.97 Å². The van der Waals surface area contributed by atoms with Gasteiger partial charge in [0, 0.05) is 12.2 Å². The predicted octanol–water partition coefficient (Wildman–Crippen LogP) is 5.89. The van der Waals surface area contributed by atoms with Crippen molar-refractivity contribution in [3.8, 4) is 11.5 Å². The summed E-state index contributed by atoms with van der Waals surface area (Å²) in [6, 6.07) is 19.0. The number of carboxylic acid groups (broad SMARTS) is 1. The van der Waals surface area contributed by atoms with Crippen LogP contribution in [0.1, 0.15) is 34.0 Å². The van der Waals surface area contributed by atoms with Crippen LogP contribution >= 0.6 is 22.6 Å². The normalized spacial score (nSPS) is 10.5. The summed E-state index contributed by atoms with van der Waals surface area (Å²) >= 11 is 2.26. The van der Waals surface area contributed by atoms with Gasteiger partial charge in [0.05, 0.1) is 15.7 Å². The van der Waals surface area contributed by atoms with Gasteiger partial charge in [0.15, 0.2) is 11.5 Å². The number of carbonyl (C=O) groups is 1. The van der Waals surface area contributed by atoms with Gasteiger partial charge in [0.25, 0.3) is 0 Å². The molecule has 0 bridgehead atoms. The lowest BCUT2D eigenvalue weighted by Crippen LogP contribution is -2.05. The number of aromatic carboxylic acids is 1. The first-order chi connectivity index (χ1) is 14.5. The Balaban J connectivity index is 1.74. The molecule has 30 heavy (non-hydrogen) atoms. The molecule has 0 fully saturated rings. The molecule has 0 aliphatic rings. The number of halogens is 1. The molecule has 0 saturated carbocycles. The Morgan fingerprint density at radius 3 is 2.50 bits per heavy atom. The summed E-state index contributed by atoms with van der Waals surface area (Å²) in [5, 5.41) is 12.4. The van der Waals surface area contributed by atoms with E-state index in [2.05, 4.69) is 59.1 Å². The lowest BCUT2D eigenvalue weighted by Gasteiger charge is -2.16. The molecule has 0 amide bonds. The molecule has 0 spiro atoms. The summed E-state index contributed by atoms with van der Waals surface area (Å²) in [5.41, 5.74) is 4.34. The van der Waals surface area contributed by atoms with Crippen molar-refractivity contribution < 1.29 is 19.4 Å². The molecule has 0 saturated heterocycles. The topological polar surface area (TPSA) is 67.8 Å². The number of hydrogen-bond acceptors (Lipinski definition) is 4. The molecule has 0 atom stereocenters. The van der Waals surface area contributed by atoms with Crippen LogP contribution in [0.4, 0.5) is 5.69 Å². The summed E-state index contributed by atoms with van der Waals surface area (Å²) < 4.78 is 12.9. The second-order valence-corrected chi connectivity index (χ2v) is 8.01. The summed E-state index contributed by atoms with van der Waals surface area (Å²) in [7, 11) is 0. The van der Waals surface area contributed by atoms with E-state index < -0.39 is 5.97 Å². The van der Waals surface area contributed by atoms with Gasteiger partial charge in [0.1, 0.15) is 6.61 Å². The number of nitrogens with one attached hydrogen (secondary N) is 1. The first-order valence-electron chi connectivity index (χ1n) is 9.67. The zero-order chi connectivity index (χ0) is 21.5. The van der Waals surface area contributed by atoms with E-state index in [0.29, 0.717) is 25.5 Å². The summed E-state index contributed by atoms with van der Waals surface area (Å²) in [4.78, 5) is 11.1. The fourth-order valence-electron chi connectivity index (χ4n) is 2.93. The van der Waals surface area contributed by atoms with Crippen molar-refractivity contribution in [1.29, 1.82) is 0 Å². The van der Waals surface area contributed by atoms with Gasteiger partial charge in [-0.1, -0.05) is 35.9 Å². The SMILES string of the molecule is CCOc1cc(CNc2cccc(C(=O)O)c2)cc(I)c1OCc1ccc(C)cc1. The Labute approximate surface area is 190 Å². The predicted molar refractivity (Wildman–Crippen MR) is 127 cm³/mol. The second kappa shape index (κ2) is 10.3. The third-order valence-electron chi connectivity index (χ3n) is 4.48. The van der Waals surface area contributed by atoms with E-state index in [1.165, 1.54) is 5.56 Å². The van der Waals surface area contributed by atoms with E-state index in [-0.39, 0.29) is 5.56 Å². The molecule has 3 aromatic rings. The van der Waals surface area contributed by atoms with Crippen molar-refractivity contribution in [1.82, 2.24) is 0 Å². The number of carboxylic acids is 1. The number of rotatable bonds is 9. The molecule has 0 heterocycles. The van der Waals surface area contributed by atoms with Crippen LogP contribution in [0.15, 0.2) is 60.7 Å². The molecule has 2 N–H and O–H groups in total. The van der Waals surface area contributed by atoms with Crippen LogP contribution in [0, 0.1) is 10.5 Å².